The van der Waals surface area contributed by atoms with Crippen LogP contribution in [0.25, 0.3) is 0 Å². The highest BCUT2D eigenvalue weighted by molar-refractivity contribution is 7.89. The minimum atomic E-state index is -3.74. The fourth-order valence-corrected chi connectivity index (χ4v) is 4.34. The standard InChI is InChI=1S/C13H18N2O4S/c1-9-4-3-7-15(9)20(17,18)12-8-10(14)5-6-11(12)13(16)19-2/h5-6,8-9H,3-4,7,14H2,1-2H3. The molecule has 1 aliphatic rings. The summed E-state index contributed by atoms with van der Waals surface area (Å²) in [6.07, 6.45) is 1.63. The molecule has 0 saturated carbocycles. The van der Waals surface area contributed by atoms with Crippen LogP contribution in [0.2, 0.25) is 0 Å². The molecule has 20 heavy (non-hydrogen) atoms. The van der Waals surface area contributed by atoms with E-state index in [9.17, 15) is 13.2 Å². The number of carbonyl (C=O) groups is 1. The monoisotopic (exact) mass is 298 g/mol. The Morgan fingerprint density at radius 3 is 2.70 bits per heavy atom. The van der Waals surface area contributed by atoms with Gasteiger partial charge in [0.2, 0.25) is 10.0 Å². The van der Waals surface area contributed by atoms with E-state index >= 15 is 0 Å². The van der Waals surface area contributed by atoms with Gasteiger partial charge in [-0.25, -0.2) is 13.2 Å². The van der Waals surface area contributed by atoms with Crippen LogP contribution in [-0.2, 0) is 14.8 Å². The second-order valence-electron chi connectivity index (χ2n) is 4.85. The molecule has 1 atom stereocenters. The molecular weight excluding hydrogens is 280 g/mol. The van der Waals surface area contributed by atoms with E-state index in [-0.39, 0.29) is 16.5 Å². The number of benzene rings is 1. The number of nitrogen functional groups attached to an aromatic ring is 1. The summed E-state index contributed by atoms with van der Waals surface area (Å²) in [7, 11) is -2.53. The molecule has 0 bridgehead atoms. The zero-order valence-corrected chi connectivity index (χ0v) is 12.3. The number of hydrogen-bond acceptors (Lipinski definition) is 5. The van der Waals surface area contributed by atoms with Crippen LogP contribution in [0.15, 0.2) is 23.1 Å². The van der Waals surface area contributed by atoms with Crippen LogP contribution in [0.1, 0.15) is 30.1 Å². The number of hydrogen-bond donors (Lipinski definition) is 1. The molecular formula is C13H18N2O4S. The first-order chi connectivity index (χ1) is 9.37. The lowest BCUT2D eigenvalue weighted by atomic mass is 10.2. The fourth-order valence-electron chi connectivity index (χ4n) is 2.42. The van der Waals surface area contributed by atoms with Crippen LogP contribution in [0.5, 0.6) is 0 Å². The van der Waals surface area contributed by atoms with Gasteiger partial charge in [0, 0.05) is 18.3 Å². The molecule has 6 nitrogen and oxygen atoms in total. The van der Waals surface area contributed by atoms with Gasteiger partial charge in [-0.3, -0.25) is 0 Å². The average Bonchev–Trinajstić information content (AvgIpc) is 2.84. The summed E-state index contributed by atoms with van der Waals surface area (Å²) in [5, 5.41) is 0. The van der Waals surface area contributed by atoms with E-state index in [4.69, 9.17) is 5.73 Å². The number of sulfonamides is 1. The normalized spacial score (nSPS) is 20.0. The van der Waals surface area contributed by atoms with Gasteiger partial charge in [-0.2, -0.15) is 4.31 Å². The number of esters is 1. The molecule has 0 aromatic heterocycles. The van der Waals surface area contributed by atoms with Crippen molar-refractivity contribution < 1.29 is 17.9 Å². The van der Waals surface area contributed by atoms with Crippen LogP contribution in [0.4, 0.5) is 5.69 Å². The van der Waals surface area contributed by atoms with E-state index < -0.39 is 16.0 Å². The number of anilines is 1. The first-order valence-electron chi connectivity index (χ1n) is 6.37. The zero-order valence-electron chi connectivity index (χ0n) is 11.5. The highest BCUT2D eigenvalue weighted by atomic mass is 32.2. The van der Waals surface area contributed by atoms with Gasteiger partial charge >= 0.3 is 5.97 Å². The zero-order chi connectivity index (χ0) is 14.9. The fraction of sp³-hybridized carbons (Fsp3) is 0.462. The number of rotatable bonds is 3. The SMILES string of the molecule is COC(=O)c1ccc(N)cc1S(=O)(=O)N1CCCC1C. The summed E-state index contributed by atoms with van der Waals surface area (Å²) >= 11 is 0. The van der Waals surface area contributed by atoms with Crippen molar-refractivity contribution in [2.45, 2.75) is 30.7 Å². The van der Waals surface area contributed by atoms with Crippen molar-refractivity contribution >= 4 is 21.7 Å². The van der Waals surface area contributed by atoms with Crippen molar-refractivity contribution in [3.63, 3.8) is 0 Å². The molecule has 0 spiro atoms. The van der Waals surface area contributed by atoms with Gasteiger partial charge in [-0.15, -0.1) is 0 Å². The predicted molar refractivity (Wildman–Crippen MR) is 74.8 cm³/mol. The summed E-state index contributed by atoms with van der Waals surface area (Å²) in [6.45, 7) is 2.31. The first kappa shape index (κ1) is 14.8. The third-order valence-corrected chi connectivity index (χ3v) is 5.54. The highest BCUT2D eigenvalue weighted by Gasteiger charge is 2.35. The Hall–Kier alpha value is -1.60. The Morgan fingerprint density at radius 2 is 2.15 bits per heavy atom. The number of methoxy groups -OCH3 is 1. The first-order valence-corrected chi connectivity index (χ1v) is 7.81. The van der Waals surface area contributed by atoms with Gasteiger partial charge in [0.25, 0.3) is 0 Å². The van der Waals surface area contributed by atoms with Crippen molar-refractivity contribution in [3.05, 3.63) is 23.8 Å². The molecule has 0 amide bonds. The number of nitrogens with two attached hydrogens (primary N) is 1. The Balaban J connectivity index is 2.55. The molecule has 2 rings (SSSR count). The third kappa shape index (κ3) is 2.51. The van der Waals surface area contributed by atoms with E-state index in [1.54, 1.807) is 0 Å². The van der Waals surface area contributed by atoms with Crippen molar-refractivity contribution in [3.8, 4) is 0 Å². The molecule has 1 aromatic rings. The Labute approximate surface area is 118 Å². The lowest BCUT2D eigenvalue weighted by Crippen LogP contribution is -2.34. The molecule has 1 heterocycles. The van der Waals surface area contributed by atoms with E-state index in [0.717, 1.165) is 12.8 Å². The van der Waals surface area contributed by atoms with Crippen molar-refractivity contribution in [1.82, 2.24) is 4.31 Å². The molecule has 2 N–H and O–H groups in total. The molecule has 1 saturated heterocycles. The molecule has 0 aliphatic carbocycles. The molecule has 1 unspecified atom stereocenters. The summed E-state index contributed by atoms with van der Waals surface area (Å²) in [5.41, 5.74) is 5.97. The molecule has 7 heteroatoms. The summed E-state index contributed by atoms with van der Waals surface area (Å²) in [5.74, 6) is -0.685. The Bertz CT molecular complexity index is 627. The Morgan fingerprint density at radius 1 is 1.45 bits per heavy atom. The van der Waals surface area contributed by atoms with Crippen LogP contribution < -0.4 is 5.73 Å². The minimum absolute atomic E-state index is 0.0146. The van der Waals surface area contributed by atoms with Crippen LogP contribution in [0.3, 0.4) is 0 Å². The second-order valence-corrected chi connectivity index (χ2v) is 6.71. The van der Waals surface area contributed by atoms with E-state index in [0.29, 0.717) is 12.2 Å². The van der Waals surface area contributed by atoms with Gasteiger partial charge in [0.1, 0.15) is 0 Å². The smallest absolute Gasteiger partial charge is 0.339 e. The largest absolute Gasteiger partial charge is 0.465 e. The summed E-state index contributed by atoms with van der Waals surface area (Å²) in [6, 6.07) is 4.10. The van der Waals surface area contributed by atoms with Gasteiger partial charge < -0.3 is 10.5 Å². The van der Waals surface area contributed by atoms with E-state index in [1.165, 1.54) is 29.6 Å². The number of carbonyl (C=O) groups excluding carboxylic acids is 1. The highest BCUT2D eigenvalue weighted by Crippen LogP contribution is 2.29. The van der Waals surface area contributed by atoms with Crippen molar-refractivity contribution in [2.24, 2.45) is 0 Å². The maximum atomic E-state index is 12.7. The van der Waals surface area contributed by atoms with E-state index in [1.807, 2.05) is 6.92 Å². The molecule has 0 radical (unpaired) electrons. The van der Waals surface area contributed by atoms with Gasteiger partial charge in [0.05, 0.1) is 17.6 Å². The topological polar surface area (TPSA) is 89.7 Å². The van der Waals surface area contributed by atoms with Gasteiger partial charge in [-0.1, -0.05) is 0 Å². The number of ether oxygens (including phenoxy) is 1. The van der Waals surface area contributed by atoms with Crippen LogP contribution in [0, 0.1) is 0 Å². The lowest BCUT2D eigenvalue weighted by Gasteiger charge is -2.22. The second kappa shape index (κ2) is 5.41. The minimum Gasteiger partial charge on any atom is -0.465 e. The third-order valence-electron chi connectivity index (χ3n) is 3.49. The van der Waals surface area contributed by atoms with E-state index in [2.05, 4.69) is 4.74 Å². The van der Waals surface area contributed by atoms with Gasteiger partial charge in [-0.05, 0) is 38.0 Å². The predicted octanol–water partition coefficient (Wildman–Crippen LogP) is 1.23. The quantitative estimate of drug-likeness (QED) is 0.669. The van der Waals surface area contributed by atoms with Crippen LogP contribution in [-0.4, -0.2) is 38.4 Å². The molecule has 1 fully saturated rings. The molecule has 110 valence electrons. The van der Waals surface area contributed by atoms with Crippen molar-refractivity contribution in [1.29, 1.82) is 0 Å². The number of nitrogens with zero attached hydrogens (tertiary/aromatic N) is 1. The molecule has 1 aliphatic heterocycles. The summed E-state index contributed by atoms with van der Waals surface area (Å²) < 4.78 is 31.5. The Kier molecular flexibility index (Phi) is 4.01. The maximum Gasteiger partial charge on any atom is 0.339 e. The average molecular weight is 298 g/mol. The molecule has 1 aromatic carbocycles. The van der Waals surface area contributed by atoms with Crippen LogP contribution >= 0.6 is 0 Å². The van der Waals surface area contributed by atoms with Gasteiger partial charge in [0.15, 0.2) is 0 Å². The lowest BCUT2D eigenvalue weighted by molar-refractivity contribution is 0.0596. The summed E-state index contributed by atoms with van der Waals surface area (Å²) in [4.78, 5) is 11.7. The van der Waals surface area contributed by atoms with Crippen molar-refractivity contribution in [2.75, 3.05) is 19.4 Å². The maximum absolute atomic E-state index is 12.7.